The molecule has 0 aliphatic carbocycles. The lowest BCUT2D eigenvalue weighted by molar-refractivity contribution is -0.123. The highest BCUT2D eigenvalue weighted by molar-refractivity contribution is 14.1. The molecule has 1 aromatic rings. The van der Waals surface area contributed by atoms with Crippen LogP contribution in [-0.2, 0) is 4.79 Å². The number of hydrogen-bond donors (Lipinski definition) is 2. The van der Waals surface area contributed by atoms with Crippen molar-refractivity contribution in [1.82, 2.24) is 5.32 Å². The summed E-state index contributed by atoms with van der Waals surface area (Å²) in [6, 6.07) is 7.64. The maximum atomic E-state index is 11.7. The molecular weight excluding hydrogens is 391 g/mol. The Morgan fingerprint density at radius 1 is 1.40 bits per heavy atom. The van der Waals surface area contributed by atoms with E-state index in [1.165, 1.54) is 0 Å². The number of halogens is 2. The fourth-order valence-corrected chi connectivity index (χ4v) is 2.01. The number of rotatable bonds is 8. The maximum absolute atomic E-state index is 11.7. The SMILES string of the molecule is CCCCC(CN)NC(=O)COc1ccc(I)cc1.Cl. The van der Waals surface area contributed by atoms with Crippen molar-refractivity contribution in [2.24, 2.45) is 5.73 Å². The normalized spacial score (nSPS) is 11.3. The highest BCUT2D eigenvalue weighted by Crippen LogP contribution is 2.13. The summed E-state index contributed by atoms with van der Waals surface area (Å²) in [6.07, 6.45) is 3.09. The van der Waals surface area contributed by atoms with Crippen LogP contribution < -0.4 is 15.8 Å². The lowest BCUT2D eigenvalue weighted by atomic mass is 10.1. The Hall–Kier alpha value is -0.530. The van der Waals surface area contributed by atoms with Crippen molar-refractivity contribution < 1.29 is 9.53 Å². The predicted octanol–water partition coefficient (Wildman–Crippen LogP) is 2.73. The van der Waals surface area contributed by atoms with E-state index in [1.807, 2.05) is 24.3 Å². The molecule has 3 N–H and O–H groups in total. The standard InChI is InChI=1S/C14H21IN2O2.ClH/c1-2-3-4-12(9-16)17-14(18)10-19-13-7-5-11(15)6-8-13;/h5-8,12H,2-4,9-10,16H2,1H3,(H,17,18);1H. The van der Waals surface area contributed by atoms with Crippen molar-refractivity contribution in [2.45, 2.75) is 32.2 Å². The van der Waals surface area contributed by atoms with Crippen LogP contribution in [0.1, 0.15) is 26.2 Å². The summed E-state index contributed by atoms with van der Waals surface area (Å²) >= 11 is 2.22. The second-order valence-electron chi connectivity index (χ2n) is 4.38. The lowest BCUT2D eigenvalue weighted by Gasteiger charge is -2.16. The molecule has 0 heterocycles. The molecule has 0 bridgehead atoms. The minimum atomic E-state index is -0.120. The molecule has 0 fully saturated rings. The van der Waals surface area contributed by atoms with Crippen LogP contribution in [0.4, 0.5) is 0 Å². The van der Waals surface area contributed by atoms with Crippen LogP contribution in [0, 0.1) is 3.57 Å². The molecule has 1 aromatic carbocycles. The molecule has 0 aliphatic rings. The molecule has 6 heteroatoms. The van der Waals surface area contributed by atoms with E-state index in [0.29, 0.717) is 12.3 Å². The van der Waals surface area contributed by atoms with Crippen LogP contribution in [0.2, 0.25) is 0 Å². The highest BCUT2D eigenvalue weighted by atomic mass is 127. The Morgan fingerprint density at radius 3 is 2.60 bits per heavy atom. The van der Waals surface area contributed by atoms with Gasteiger partial charge in [-0.2, -0.15) is 0 Å². The summed E-state index contributed by atoms with van der Waals surface area (Å²) in [6.45, 7) is 2.62. The summed E-state index contributed by atoms with van der Waals surface area (Å²) in [5, 5.41) is 2.89. The average Bonchev–Trinajstić information content (AvgIpc) is 2.42. The summed E-state index contributed by atoms with van der Waals surface area (Å²) in [5.74, 6) is 0.582. The number of nitrogens with two attached hydrogens (primary N) is 1. The first-order valence-electron chi connectivity index (χ1n) is 6.53. The van der Waals surface area contributed by atoms with Crippen molar-refractivity contribution in [3.63, 3.8) is 0 Å². The summed E-state index contributed by atoms with van der Waals surface area (Å²) < 4.78 is 6.55. The minimum Gasteiger partial charge on any atom is -0.484 e. The van der Waals surface area contributed by atoms with E-state index in [2.05, 4.69) is 34.8 Å². The smallest absolute Gasteiger partial charge is 0.258 e. The zero-order valence-electron chi connectivity index (χ0n) is 11.6. The van der Waals surface area contributed by atoms with E-state index in [-0.39, 0.29) is 31.0 Å². The molecule has 1 unspecified atom stereocenters. The maximum Gasteiger partial charge on any atom is 0.258 e. The summed E-state index contributed by atoms with van der Waals surface area (Å²) in [5.41, 5.74) is 5.63. The predicted molar refractivity (Wildman–Crippen MR) is 92.4 cm³/mol. The first-order valence-corrected chi connectivity index (χ1v) is 7.61. The van der Waals surface area contributed by atoms with Gasteiger partial charge < -0.3 is 15.8 Å². The largest absolute Gasteiger partial charge is 0.484 e. The quantitative estimate of drug-likeness (QED) is 0.645. The van der Waals surface area contributed by atoms with E-state index in [4.69, 9.17) is 10.5 Å². The molecule has 114 valence electrons. The Balaban J connectivity index is 0.00000361. The molecule has 0 saturated heterocycles. The number of benzene rings is 1. The van der Waals surface area contributed by atoms with Gasteiger partial charge in [-0.3, -0.25) is 4.79 Å². The fraction of sp³-hybridized carbons (Fsp3) is 0.500. The molecule has 0 spiro atoms. The van der Waals surface area contributed by atoms with Crippen LogP contribution in [0.5, 0.6) is 5.75 Å². The second kappa shape index (κ2) is 11.2. The minimum absolute atomic E-state index is 0. The third-order valence-corrected chi connectivity index (χ3v) is 3.46. The summed E-state index contributed by atoms with van der Waals surface area (Å²) in [7, 11) is 0. The number of ether oxygens (including phenoxy) is 1. The number of carbonyl (C=O) groups is 1. The third kappa shape index (κ3) is 7.91. The number of unbranched alkanes of at least 4 members (excludes halogenated alkanes) is 1. The van der Waals surface area contributed by atoms with E-state index in [0.717, 1.165) is 22.8 Å². The summed E-state index contributed by atoms with van der Waals surface area (Å²) in [4.78, 5) is 11.7. The molecule has 1 rings (SSSR count). The number of amides is 1. The number of nitrogens with one attached hydrogen (secondary N) is 1. The van der Waals surface area contributed by atoms with Gasteiger partial charge in [-0.1, -0.05) is 19.8 Å². The molecule has 0 saturated carbocycles. The lowest BCUT2D eigenvalue weighted by Crippen LogP contribution is -2.42. The van der Waals surface area contributed by atoms with Crippen LogP contribution >= 0.6 is 35.0 Å². The second-order valence-corrected chi connectivity index (χ2v) is 5.63. The van der Waals surface area contributed by atoms with Gasteiger partial charge in [0, 0.05) is 16.2 Å². The van der Waals surface area contributed by atoms with Crippen LogP contribution in [0.25, 0.3) is 0 Å². The van der Waals surface area contributed by atoms with Crippen molar-refractivity contribution in [3.8, 4) is 5.75 Å². The Kier molecular flexibility index (Phi) is 10.9. The van der Waals surface area contributed by atoms with E-state index in [1.54, 1.807) is 0 Å². The number of hydrogen-bond acceptors (Lipinski definition) is 3. The number of carbonyl (C=O) groups excluding carboxylic acids is 1. The Bertz CT molecular complexity index is 387. The molecular formula is C14H22ClIN2O2. The monoisotopic (exact) mass is 412 g/mol. The van der Waals surface area contributed by atoms with Gasteiger partial charge in [-0.05, 0) is 53.3 Å². The topological polar surface area (TPSA) is 64.3 Å². The molecule has 0 radical (unpaired) electrons. The van der Waals surface area contributed by atoms with E-state index in [9.17, 15) is 4.79 Å². The molecule has 4 nitrogen and oxygen atoms in total. The van der Waals surface area contributed by atoms with E-state index >= 15 is 0 Å². The highest BCUT2D eigenvalue weighted by Gasteiger charge is 2.10. The molecule has 20 heavy (non-hydrogen) atoms. The van der Waals surface area contributed by atoms with Crippen LogP contribution in [0.3, 0.4) is 0 Å². The van der Waals surface area contributed by atoms with Crippen molar-refractivity contribution >= 4 is 40.9 Å². The zero-order chi connectivity index (χ0) is 14.1. The molecule has 0 aliphatic heterocycles. The van der Waals surface area contributed by atoms with Gasteiger partial charge in [0.2, 0.25) is 0 Å². The van der Waals surface area contributed by atoms with Gasteiger partial charge in [0.15, 0.2) is 6.61 Å². The van der Waals surface area contributed by atoms with Gasteiger partial charge in [0.1, 0.15) is 5.75 Å². The zero-order valence-corrected chi connectivity index (χ0v) is 14.6. The van der Waals surface area contributed by atoms with Gasteiger partial charge in [-0.25, -0.2) is 0 Å². The first-order chi connectivity index (χ1) is 9.15. The fourth-order valence-electron chi connectivity index (χ4n) is 1.65. The molecule has 0 aromatic heterocycles. The van der Waals surface area contributed by atoms with Crippen LogP contribution in [-0.4, -0.2) is 25.1 Å². The van der Waals surface area contributed by atoms with Gasteiger partial charge in [0.25, 0.3) is 5.91 Å². The molecule has 1 amide bonds. The van der Waals surface area contributed by atoms with Gasteiger partial charge in [0.05, 0.1) is 0 Å². The third-order valence-electron chi connectivity index (χ3n) is 2.74. The van der Waals surface area contributed by atoms with E-state index < -0.39 is 0 Å². The Labute approximate surface area is 140 Å². The van der Waals surface area contributed by atoms with Crippen molar-refractivity contribution in [3.05, 3.63) is 27.8 Å². The Morgan fingerprint density at radius 2 is 2.05 bits per heavy atom. The average molecular weight is 413 g/mol. The van der Waals surface area contributed by atoms with Crippen molar-refractivity contribution in [2.75, 3.05) is 13.2 Å². The van der Waals surface area contributed by atoms with Crippen LogP contribution in [0.15, 0.2) is 24.3 Å². The molecule has 1 atom stereocenters. The van der Waals surface area contributed by atoms with Crippen molar-refractivity contribution in [1.29, 1.82) is 0 Å². The van der Waals surface area contributed by atoms with Gasteiger partial charge in [-0.15, -0.1) is 12.4 Å². The first kappa shape index (κ1) is 19.5. The van der Waals surface area contributed by atoms with Gasteiger partial charge >= 0.3 is 0 Å².